The molecule has 0 bridgehead atoms. The summed E-state index contributed by atoms with van der Waals surface area (Å²) < 4.78 is 2.07. The molecule has 1 N–H and O–H groups in total. The highest BCUT2D eigenvalue weighted by Gasteiger charge is 2.24. The first kappa shape index (κ1) is 17.5. The molecular weight excluding hydrogens is 452 g/mol. The molecule has 1 aliphatic rings. The zero-order valence-corrected chi connectivity index (χ0v) is 17.0. The summed E-state index contributed by atoms with van der Waals surface area (Å²) in [6, 6.07) is 24.3. The molecule has 0 saturated carbocycles. The van der Waals surface area contributed by atoms with E-state index in [4.69, 9.17) is 0 Å². The van der Waals surface area contributed by atoms with Gasteiger partial charge in [0, 0.05) is 8.95 Å². The molecule has 0 saturated heterocycles. The van der Waals surface area contributed by atoms with Crippen molar-refractivity contribution in [3.8, 4) is 0 Å². The quantitative estimate of drug-likeness (QED) is 0.444. The molecule has 128 valence electrons. The number of aliphatic hydroxyl groups excluding tert-OH is 1. The van der Waals surface area contributed by atoms with Gasteiger partial charge < -0.3 is 5.11 Å². The fourth-order valence-corrected chi connectivity index (χ4v) is 3.75. The van der Waals surface area contributed by atoms with E-state index in [0.717, 1.165) is 42.3 Å². The molecule has 26 heavy (non-hydrogen) atoms. The summed E-state index contributed by atoms with van der Waals surface area (Å²) in [4.78, 5) is 0. The second-order valence-corrected chi connectivity index (χ2v) is 8.08. The number of hydrogen-bond acceptors (Lipinski definition) is 1. The van der Waals surface area contributed by atoms with Crippen LogP contribution in [0.3, 0.4) is 0 Å². The van der Waals surface area contributed by atoms with Crippen LogP contribution >= 0.6 is 31.9 Å². The predicted octanol–water partition coefficient (Wildman–Crippen LogP) is 6.88. The first-order valence-electron chi connectivity index (χ1n) is 8.34. The average molecular weight is 468 g/mol. The van der Waals surface area contributed by atoms with Crippen LogP contribution < -0.4 is 0 Å². The van der Waals surface area contributed by atoms with Crippen molar-refractivity contribution in [2.75, 3.05) is 0 Å². The molecule has 4 rings (SSSR count). The highest BCUT2D eigenvalue weighted by atomic mass is 79.9. The highest BCUT2D eigenvalue weighted by Crippen LogP contribution is 2.42. The number of rotatable bonds is 3. The van der Waals surface area contributed by atoms with Gasteiger partial charge in [-0.15, -0.1) is 0 Å². The van der Waals surface area contributed by atoms with Gasteiger partial charge in [-0.25, -0.2) is 0 Å². The molecule has 0 fully saturated rings. The van der Waals surface area contributed by atoms with Crippen molar-refractivity contribution in [1.82, 2.24) is 0 Å². The zero-order chi connectivity index (χ0) is 18.1. The molecule has 0 radical (unpaired) electrons. The largest absolute Gasteiger partial charge is 0.384 e. The third-order valence-corrected chi connectivity index (χ3v) is 5.59. The Morgan fingerprint density at radius 1 is 0.731 bits per heavy atom. The molecule has 1 atom stereocenters. The second-order valence-electron chi connectivity index (χ2n) is 6.25. The number of benzene rings is 3. The van der Waals surface area contributed by atoms with E-state index < -0.39 is 6.10 Å². The molecule has 0 aliphatic heterocycles. The van der Waals surface area contributed by atoms with Crippen LogP contribution in [-0.2, 0) is 0 Å². The van der Waals surface area contributed by atoms with Gasteiger partial charge in [0.1, 0.15) is 6.10 Å². The molecule has 1 aliphatic carbocycles. The molecule has 3 heteroatoms. The Hall–Kier alpha value is -1.94. The van der Waals surface area contributed by atoms with E-state index in [-0.39, 0.29) is 0 Å². The Labute approximate surface area is 170 Å². The van der Waals surface area contributed by atoms with Crippen LogP contribution in [0, 0.1) is 0 Å². The lowest BCUT2D eigenvalue weighted by atomic mass is 9.96. The van der Waals surface area contributed by atoms with Gasteiger partial charge in [-0.3, -0.25) is 0 Å². The maximum atomic E-state index is 11.0. The fraction of sp³-hybridized carbons (Fsp3) is 0.0435. The Kier molecular flexibility index (Phi) is 4.94. The van der Waals surface area contributed by atoms with Gasteiger partial charge in [0.2, 0.25) is 0 Å². The highest BCUT2D eigenvalue weighted by molar-refractivity contribution is 9.10. The maximum absolute atomic E-state index is 11.0. The lowest BCUT2D eigenvalue weighted by Crippen LogP contribution is -1.99. The van der Waals surface area contributed by atoms with Crippen LogP contribution in [0.25, 0.3) is 17.2 Å². The van der Waals surface area contributed by atoms with E-state index in [9.17, 15) is 5.11 Å². The smallest absolute Gasteiger partial charge is 0.105 e. The van der Waals surface area contributed by atoms with Gasteiger partial charge >= 0.3 is 0 Å². The number of halogens is 2. The van der Waals surface area contributed by atoms with E-state index in [1.807, 2.05) is 48.5 Å². The van der Waals surface area contributed by atoms with E-state index in [0.29, 0.717) is 0 Å². The first-order chi connectivity index (χ1) is 12.6. The van der Waals surface area contributed by atoms with E-state index >= 15 is 0 Å². The van der Waals surface area contributed by atoms with Crippen molar-refractivity contribution in [3.05, 3.63) is 110 Å². The summed E-state index contributed by atoms with van der Waals surface area (Å²) in [5.74, 6) is 0. The van der Waals surface area contributed by atoms with Gasteiger partial charge in [-0.1, -0.05) is 80.4 Å². The molecule has 3 aromatic rings. The zero-order valence-electron chi connectivity index (χ0n) is 13.9. The average Bonchev–Trinajstić information content (AvgIpc) is 3.02. The van der Waals surface area contributed by atoms with Gasteiger partial charge in [-0.2, -0.15) is 0 Å². The molecule has 1 unspecified atom stereocenters. The molecular formula is C23H16Br2O. The molecule has 0 amide bonds. The van der Waals surface area contributed by atoms with Crippen molar-refractivity contribution in [3.63, 3.8) is 0 Å². The SMILES string of the molecule is OC(C1=C/C(=C/c2ccc(Br)cc2)c2ccccc21)c1ccc(Br)cc1. The van der Waals surface area contributed by atoms with Crippen molar-refractivity contribution in [2.45, 2.75) is 6.10 Å². The summed E-state index contributed by atoms with van der Waals surface area (Å²) in [5, 5.41) is 11.0. The summed E-state index contributed by atoms with van der Waals surface area (Å²) in [6.45, 7) is 0. The summed E-state index contributed by atoms with van der Waals surface area (Å²) in [5.41, 5.74) is 6.32. The summed E-state index contributed by atoms with van der Waals surface area (Å²) in [6.07, 6.45) is 3.60. The predicted molar refractivity (Wildman–Crippen MR) is 116 cm³/mol. The van der Waals surface area contributed by atoms with Gasteiger partial charge in [0.25, 0.3) is 0 Å². The van der Waals surface area contributed by atoms with Crippen LogP contribution in [0.2, 0.25) is 0 Å². The van der Waals surface area contributed by atoms with Gasteiger partial charge in [-0.05, 0) is 69.8 Å². The lowest BCUT2D eigenvalue weighted by molar-refractivity contribution is 0.238. The Morgan fingerprint density at radius 3 is 1.96 bits per heavy atom. The number of aliphatic hydroxyl groups is 1. The number of allylic oxidation sites excluding steroid dienone is 2. The second kappa shape index (κ2) is 7.36. The molecule has 0 heterocycles. The van der Waals surface area contributed by atoms with Crippen LogP contribution in [-0.4, -0.2) is 5.11 Å². The fourth-order valence-electron chi connectivity index (χ4n) is 3.22. The Bertz CT molecular complexity index is 999. The summed E-state index contributed by atoms with van der Waals surface area (Å²) >= 11 is 6.92. The molecule has 0 spiro atoms. The minimum atomic E-state index is -0.653. The lowest BCUT2D eigenvalue weighted by Gasteiger charge is -2.14. The third-order valence-electron chi connectivity index (χ3n) is 4.53. The van der Waals surface area contributed by atoms with Crippen LogP contribution in [0.1, 0.15) is 28.4 Å². The third kappa shape index (κ3) is 3.48. The van der Waals surface area contributed by atoms with Gasteiger partial charge in [0.15, 0.2) is 0 Å². The first-order valence-corrected chi connectivity index (χ1v) is 9.92. The Balaban J connectivity index is 1.77. The molecule has 0 aromatic heterocycles. The van der Waals surface area contributed by atoms with E-state index in [1.165, 1.54) is 0 Å². The van der Waals surface area contributed by atoms with Gasteiger partial charge in [0.05, 0.1) is 0 Å². The molecule has 3 aromatic carbocycles. The van der Waals surface area contributed by atoms with Crippen LogP contribution in [0.4, 0.5) is 0 Å². The normalized spacial score (nSPS) is 15.7. The van der Waals surface area contributed by atoms with E-state index in [2.05, 4.69) is 68.3 Å². The number of hydrogen-bond donors (Lipinski definition) is 1. The van der Waals surface area contributed by atoms with Crippen molar-refractivity contribution >= 4 is 49.1 Å². The Morgan fingerprint density at radius 2 is 1.31 bits per heavy atom. The maximum Gasteiger partial charge on any atom is 0.105 e. The standard InChI is InChI=1S/C23H16Br2O/c24-18-9-5-15(6-10-18)13-17-14-22(21-4-2-1-3-20(17)21)23(26)16-7-11-19(25)12-8-16/h1-14,23,26H/b17-13-. The number of fused-ring (bicyclic) bond motifs is 1. The van der Waals surface area contributed by atoms with Crippen molar-refractivity contribution < 1.29 is 5.11 Å². The van der Waals surface area contributed by atoms with Crippen molar-refractivity contribution in [1.29, 1.82) is 0 Å². The van der Waals surface area contributed by atoms with Crippen LogP contribution in [0.15, 0.2) is 87.8 Å². The monoisotopic (exact) mass is 466 g/mol. The topological polar surface area (TPSA) is 20.2 Å². The van der Waals surface area contributed by atoms with E-state index in [1.54, 1.807) is 0 Å². The minimum absolute atomic E-state index is 0.653. The van der Waals surface area contributed by atoms with Crippen LogP contribution in [0.5, 0.6) is 0 Å². The minimum Gasteiger partial charge on any atom is -0.384 e. The molecule has 1 nitrogen and oxygen atoms in total. The van der Waals surface area contributed by atoms with Crippen molar-refractivity contribution in [2.24, 2.45) is 0 Å². The summed E-state index contributed by atoms with van der Waals surface area (Å²) in [7, 11) is 0.